The molecule has 0 radical (unpaired) electrons. The molecule has 2 amide bonds. The topological polar surface area (TPSA) is 112 Å². The van der Waals surface area contributed by atoms with Gasteiger partial charge in [0.2, 0.25) is 0 Å². The molecule has 1 saturated heterocycles. The van der Waals surface area contributed by atoms with Gasteiger partial charge in [-0.1, -0.05) is 42.7 Å². The molecule has 0 aliphatic carbocycles. The lowest BCUT2D eigenvalue weighted by molar-refractivity contribution is 0.206. The smallest absolute Gasteiger partial charge is 0.323 e. The Kier molecular flexibility index (Phi) is 7.61. The van der Waals surface area contributed by atoms with Crippen molar-refractivity contribution >= 4 is 38.2 Å². The van der Waals surface area contributed by atoms with E-state index in [4.69, 9.17) is 0 Å². The molecule has 186 valence electrons. The van der Waals surface area contributed by atoms with Crippen LogP contribution in [0.3, 0.4) is 0 Å². The van der Waals surface area contributed by atoms with E-state index in [9.17, 15) is 18.3 Å². The minimum Gasteiger partial charge on any atom is -0.508 e. The molecule has 0 saturated carbocycles. The minimum absolute atomic E-state index is 0.0565. The monoisotopic (exact) mass is 514 g/mol. The predicted octanol–water partition coefficient (Wildman–Crippen LogP) is 5.73. The van der Waals surface area contributed by atoms with Crippen molar-refractivity contribution in [2.75, 3.05) is 23.1 Å². The molecule has 8 nitrogen and oxygen atoms in total. The highest BCUT2D eigenvalue weighted by Gasteiger charge is 2.21. The number of aromatic hydroxyl groups is 1. The second kappa shape index (κ2) is 10.7. The number of benzene rings is 2. The van der Waals surface area contributed by atoms with E-state index in [1.54, 1.807) is 19.1 Å². The Labute approximate surface area is 210 Å². The first-order chi connectivity index (χ1) is 16.7. The molecule has 1 fully saturated rings. The number of carbonyl (C=O) groups excluding carboxylic acids is 1. The number of anilines is 2. The van der Waals surface area contributed by atoms with Crippen molar-refractivity contribution in [2.24, 2.45) is 0 Å². The summed E-state index contributed by atoms with van der Waals surface area (Å²) >= 11 is 1.33. The van der Waals surface area contributed by atoms with E-state index in [2.05, 4.69) is 15.0 Å². The van der Waals surface area contributed by atoms with E-state index in [0.29, 0.717) is 21.9 Å². The van der Waals surface area contributed by atoms with Crippen molar-refractivity contribution in [3.8, 4) is 16.2 Å². The Morgan fingerprint density at radius 1 is 1.00 bits per heavy atom. The summed E-state index contributed by atoms with van der Waals surface area (Å²) in [4.78, 5) is 20.1. The Balaban J connectivity index is 1.55. The van der Waals surface area contributed by atoms with Gasteiger partial charge in [-0.25, -0.2) is 18.2 Å². The highest BCUT2D eigenvalue weighted by molar-refractivity contribution is 7.92. The summed E-state index contributed by atoms with van der Waals surface area (Å²) in [5.74, 6) is 0.0565. The summed E-state index contributed by atoms with van der Waals surface area (Å²) in [6.07, 6.45) is 5.53. The van der Waals surface area contributed by atoms with Crippen molar-refractivity contribution < 1.29 is 18.3 Å². The van der Waals surface area contributed by atoms with E-state index < -0.39 is 10.0 Å². The molecule has 1 aliphatic rings. The number of carbonyl (C=O) groups is 1. The van der Waals surface area contributed by atoms with Gasteiger partial charge >= 0.3 is 6.03 Å². The van der Waals surface area contributed by atoms with Gasteiger partial charge in [0, 0.05) is 18.8 Å². The quantitative estimate of drug-likeness (QED) is 0.377. The predicted molar refractivity (Wildman–Crippen MR) is 140 cm³/mol. The second-order valence-corrected chi connectivity index (χ2v) is 11.4. The highest BCUT2D eigenvalue weighted by atomic mass is 32.2. The second-order valence-electron chi connectivity index (χ2n) is 8.75. The summed E-state index contributed by atoms with van der Waals surface area (Å²) < 4.78 is 28.8. The number of hydrogen-bond acceptors (Lipinski definition) is 6. The standard InChI is InChI=1S/C25H30N4O4S2/c1-17-8-9-19(16-22(17)35(32,33)28-20-10-12-21(30)13-11-20)23-18(2)26-24(34-23)27-25(31)29-14-6-4-3-5-7-15-29/h8-13,16,28,30H,3-7,14-15H2,1-2H3,(H,26,27,31). The summed E-state index contributed by atoms with van der Waals surface area (Å²) in [6.45, 7) is 5.08. The molecule has 4 rings (SSSR count). The third kappa shape index (κ3) is 6.12. The van der Waals surface area contributed by atoms with Crippen molar-refractivity contribution in [1.82, 2.24) is 9.88 Å². The Morgan fingerprint density at radius 2 is 1.66 bits per heavy atom. The molecule has 35 heavy (non-hydrogen) atoms. The van der Waals surface area contributed by atoms with Crippen LogP contribution in [0, 0.1) is 13.8 Å². The van der Waals surface area contributed by atoms with Gasteiger partial charge in [-0.2, -0.15) is 0 Å². The van der Waals surface area contributed by atoms with Crippen LogP contribution in [0.15, 0.2) is 47.4 Å². The van der Waals surface area contributed by atoms with Crippen molar-refractivity contribution in [2.45, 2.75) is 50.8 Å². The number of phenolic OH excluding ortho intramolecular Hbond substituents is 1. The number of phenols is 1. The minimum atomic E-state index is -3.86. The zero-order valence-electron chi connectivity index (χ0n) is 19.9. The molecule has 1 aliphatic heterocycles. The van der Waals surface area contributed by atoms with Crippen molar-refractivity contribution in [1.29, 1.82) is 0 Å². The Bertz CT molecular complexity index is 1300. The van der Waals surface area contributed by atoms with Gasteiger partial charge in [0.1, 0.15) is 5.75 Å². The summed E-state index contributed by atoms with van der Waals surface area (Å²) in [5.41, 5.74) is 2.39. The molecule has 2 heterocycles. The molecular formula is C25H30N4O4S2. The molecule has 1 aromatic heterocycles. The van der Waals surface area contributed by atoms with Gasteiger partial charge in [0.25, 0.3) is 10.0 Å². The average molecular weight is 515 g/mol. The van der Waals surface area contributed by atoms with Crippen LogP contribution in [0.1, 0.15) is 43.4 Å². The molecule has 3 aromatic rings. The lowest BCUT2D eigenvalue weighted by Crippen LogP contribution is -2.37. The fourth-order valence-electron chi connectivity index (χ4n) is 4.11. The van der Waals surface area contributed by atoms with Crippen LogP contribution >= 0.6 is 11.3 Å². The van der Waals surface area contributed by atoms with E-state index in [-0.39, 0.29) is 16.7 Å². The largest absolute Gasteiger partial charge is 0.508 e. The molecule has 0 unspecified atom stereocenters. The number of aryl methyl sites for hydroxylation is 2. The van der Waals surface area contributed by atoms with Crippen LogP contribution in [-0.4, -0.2) is 42.5 Å². The molecule has 0 bridgehead atoms. The van der Waals surface area contributed by atoms with Gasteiger partial charge in [-0.15, -0.1) is 0 Å². The number of nitrogens with one attached hydrogen (secondary N) is 2. The first-order valence-electron chi connectivity index (χ1n) is 11.7. The van der Waals surface area contributed by atoms with Gasteiger partial charge < -0.3 is 10.0 Å². The number of nitrogens with zero attached hydrogens (tertiary/aromatic N) is 2. The van der Waals surface area contributed by atoms with Gasteiger partial charge in [-0.05, 0) is 68.1 Å². The van der Waals surface area contributed by atoms with Gasteiger partial charge in [-0.3, -0.25) is 10.0 Å². The fourth-order valence-corrected chi connectivity index (χ4v) is 6.39. The zero-order valence-corrected chi connectivity index (χ0v) is 21.5. The highest BCUT2D eigenvalue weighted by Crippen LogP contribution is 2.35. The average Bonchev–Trinajstić information content (AvgIpc) is 3.15. The van der Waals surface area contributed by atoms with E-state index >= 15 is 0 Å². The van der Waals surface area contributed by atoms with Crippen molar-refractivity contribution in [3.05, 3.63) is 53.7 Å². The SMILES string of the molecule is Cc1ccc(-c2sc(NC(=O)N3CCCCCCC3)nc2C)cc1S(=O)(=O)Nc1ccc(O)cc1. The molecular weight excluding hydrogens is 484 g/mol. The fraction of sp³-hybridized carbons (Fsp3) is 0.360. The maximum atomic E-state index is 13.1. The maximum Gasteiger partial charge on any atom is 0.323 e. The number of amides is 2. The molecule has 2 aromatic carbocycles. The van der Waals surface area contributed by atoms with E-state index in [0.717, 1.165) is 49.3 Å². The lowest BCUT2D eigenvalue weighted by Gasteiger charge is -2.24. The number of hydrogen-bond donors (Lipinski definition) is 3. The van der Waals surface area contributed by atoms with Crippen LogP contribution in [-0.2, 0) is 10.0 Å². The van der Waals surface area contributed by atoms with E-state index in [1.807, 2.05) is 17.9 Å². The first kappa shape index (κ1) is 25.0. The molecule has 10 heteroatoms. The summed E-state index contributed by atoms with van der Waals surface area (Å²) in [5, 5.41) is 12.9. The Hall–Kier alpha value is -3.11. The third-order valence-electron chi connectivity index (χ3n) is 6.01. The number of thiazole rings is 1. The first-order valence-corrected chi connectivity index (χ1v) is 14.0. The lowest BCUT2D eigenvalue weighted by atomic mass is 10.1. The maximum absolute atomic E-state index is 13.1. The molecule has 3 N–H and O–H groups in total. The third-order valence-corrected chi connectivity index (χ3v) is 8.66. The van der Waals surface area contributed by atoms with Crippen LogP contribution in [0.2, 0.25) is 0 Å². The number of rotatable bonds is 5. The van der Waals surface area contributed by atoms with Crippen LogP contribution < -0.4 is 10.0 Å². The number of sulfonamides is 1. The van der Waals surface area contributed by atoms with Crippen molar-refractivity contribution in [3.63, 3.8) is 0 Å². The molecule has 0 atom stereocenters. The van der Waals surface area contributed by atoms with Crippen LogP contribution in [0.5, 0.6) is 5.75 Å². The van der Waals surface area contributed by atoms with E-state index in [1.165, 1.54) is 42.0 Å². The van der Waals surface area contributed by atoms with Gasteiger partial charge in [0.15, 0.2) is 5.13 Å². The zero-order chi connectivity index (χ0) is 25.0. The van der Waals surface area contributed by atoms with Gasteiger partial charge in [0.05, 0.1) is 15.5 Å². The normalized spacial score (nSPS) is 14.7. The molecule has 0 spiro atoms. The number of aromatic nitrogens is 1. The summed E-state index contributed by atoms with van der Waals surface area (Å²) in [7, 11) is -3.86. The summed E-state index contributed by atoms with van der Waals surface area (Å²) in [6, 6.07) is 11.0. The number of likely N-dealkylation sites (tertiary alicyclic amines) is 1. The number of urea groups is 1. The Morgan fingerprint density at radius 3 is 2.34 bits per heavy atom. The van der Waals surface area contributed by atoms with Crippen LogP contribution in [0.4, 0.5) is 15.6 Å². The van der Waals surface area contributed by atoms with Crippen LogP contribution in [0.25, 0.3) is 10.4 Å².